The molecule has 0 aliphatic rings. The maximum atomic E-state index is 13.6. The summed E-state index contributed by atoms with van der Waals surface area (Å²) in [5.41, 5.74) is 7.35. The number of nitrogens with two attached hydrogens (primary N) is 1. The van der Waals surface area contributed by atoms with Crippen LogP contribution < -0.4 is 10.6 Å². The molecule has 20 heavy (non-hydrogen) atoms. The van der Waals surface area contributed by atoms with Gasteiger partial charge in [-0.3, -0.25) is 4.79 Å². The van der Waals surface area contributed by atoms with E-state index in [-0.39, 0.29) is 11.6 Å². The average molecular weight is 270 g/mol. The van der Waals surface area contributed by atoms with Crippen LogP contribution >= 0.6 is 0 Å². The molecule has 102 valence electrons. The first-order chi connectivity index (χ1) is 9.58. The third kappa shape index (κ3) is 3.23. The van der Waals surface area contributed by atoms with Gasteiger partial charge in [-0.15, -0.1) is 0 Å². The minimum Gasteiger partial charge on any atom is -0.399 e. The molecule has 2 aromatic rings. The Morgan fingerprint density at radius 2 is 1.80 bits per heavy atom. The van der Waals surface area contributed by atoms with Crippen LogP contribution in [0.1, 0.15) is 5.56 Å². The van der Waals surface area contributed by atoms with E-state index >= 15 is 0 Å². The molecule has 3 nitrogen and oxygen atoms in total. The molecular weight excluding hydrogens is 255 g/mol. The van der Waals surface area contributed by atoms with Crippen molar-refractivity contribution in [3.05, 3.63) is 66.0 Å². The number of nitrogens with zero attached hydrogens (tertiary/aromatic N) is 1. The number of likely N-dealkylation sites (N-methyl/N-ethyl adjacent to an activating group) is 1. The van der Waals surface area contributed by atoms with Gasteiger partial charge in [0.05, 0.1) is 5.69 Å². The molecule has 0 heterocycles. The van der Waals surface area contributed by atoms with E-state index in [1.54, 1.807) is 36.4 Å². The van der Waals surface area contributed by atoms with Gasteiger partial charge in [-0.1, -0.05) is 24.3 Å². The highest BCUT2D eigenvalue weighted by Crippen LogP contribution is 2.17. The number of para-hydroxylation sites is 1. The van der Waals surface area contributed by atoms with Gasteiger partial charge in [-0.25, -0.2) is 4.39 Å². The van der Waals surface area contributed by atoms with E-state index in [0.717, 1.165) is 5.56 Å². The van der Waals surface area contributed by atoms with E-state index in [2.05, 4.69) is 0 Å². The van der Waals surface area contributed by atoms with Crippen molar-refractivity contribution in [2.45, 2.75) is 0 Å². The Bertz CT molecular complexity index is 635. The molecule has 0 atom stereocenters. The van der Waals surface area contributed by atoms with Crippen molar-refractivity contribution in [2.75, 3.05) is 17.7 Å². The van der Waals surface area contributed by atoms with Gasteiger partial charge in [-0.05, 0) is 35.9 Å². The van der Waals surface area contributed by atoms with E-state index in [9.17, 15) is 9.18 Å². The van der Waals surface area contributed by atoms with Crippen LogP contribution in [0.2, 0.25) is 0 Å². The van der Waals surface area contributed by atoms with E-state index < -0.39 is 5.82 Å². The summed E-state index contributed by atoms with van der Waals surface area (Å²) >= 11 is 0. The maximum absolute atomic E-state index is 13.6. The highest BCUT2D eigenvalue weighted by Gasteiger charge is 2.11. The summed E-state index contributed by atoms with van der Waals surface area (Å²) in [4.78, 5) is 13.3. The Labute approximate surface area is 117 Å². The highest BCUT2D eigenvalue weighted by atomic mass is 19.1. The molecule has 0 bridgehead atoms. The first-order valence-electron chi connectivity index (χ1n) is 6.14. The van der Waals surface area contributed by atoms with Crippen LogP contribution in [0.4, 0.5) is 15.8 Å². The van der Waals surface area contributed by atoms with Crippen molar-refractivity contribution < 1.29 is 9.18 Å². The van der Waals surface area contributed by atoms with Crippen LogP contribution in [0.15, 0.2) is 54.6 Å². The summed E-state index contributed by atoms with van der Waals surface area (Å²) < 4.78 is 13.6. The largest absolute Gasteiger partial charge is 0.399 e. The number of nitrogen functional groups attached to an aromatic ring is 1. The van der Waals surface area contributed by atoms with Crippen molar-refractivity contribution in [1.29, 1.82) is 0 Å². The summed E-state index contributed by atoms with van der Waals surface area (Å²) in [5.74, 6) is -0.726. The molecule has 4 heteroatoms. The summed E-state index contributed by atoms with van der Waals surface area (Å²) in [6.45, 7) is 0. The van der Waals surface area contributed by atoms with Gasteiger partial charge in [0.2, 0.25) is 0 Å². The molecule has 1 amide bonds. The van der Waals surface area contributed by atoms with Crippen molar-refractivity contribution >= 4 is 23.4 Å². The second kappa shape index (κ2) is 6.02. The Kier molecular flexibility index (Phi) is 4.15. The summed E-state index contributed by atoms with van der Waals surface area (Å²) in [6.07, 6.45) is 3.07. The fourth-order valence-corrected chi connectivity index (χ4v) is 1.73. The second-order valence-corrected chi connectivity index (χ2v) is 4.35. The monoisotopic (exact) mass is 270 g/mol. The summed E-state index contributed by atoms with van der Waals surface area (Å²) in [7, 11) is 1.54. The maximum Gasteiger partial charge on any atom is 0.250 e. The Morgan fingerprint density at radius 3 is 2.45 bits per heavy atom. The van der Waals surface area contributed by atoms with E-state index in [0.29, 0.717) is 5.69 Å². The van der Waals surface area contributed by atoms with Crippen LogP contribution in [-0.2, 0) is 4.79 Å². The number of carbonyl (C=O) groups excluding carboxylic acids is 1. The number of anilines is 2. The molecule has 0 spiro atoms. The Balaban J connectivity index is 2.12. The normalized spacial score (nSPS) is 10.7. The van der Waals surface area contributed by atoms with E-state index in [1.807, 2.05) is 12.1 Å². The summed E-state index contributed by atoms with van der Waals surface area (Å²) in [5, 5.41) is 0. The minimum absolute atomic E-state index is 0.249. The van der Waals surface area contributed by atoms with Gasteiger partial charge in [0, 0.05) is 18.8 Å². The molecule has 0 aliphatic carbocycles. The van der Waals surface area contributed by atoms with Crippen molar-refractivity contribution in [3.63, 3.8) is 0 Å². The number of hydrogen-bond donors (Lipinski definition) is 1. The molecule has 0 radical (unpaired) electrons. The smallest absolute Gasteiger partial charge is 0.250 e. The van der Waals surface area contributed by atoms with Gasteiger partial charge < -0.3 is 10.6 Å². The van der Waals surface area contributed by atoms with Gasteiger partial charge >= 0.3 is 0 Å². The SMILES string of the molecule is CN(C(=O)/C=C/c1ccc(N)cc1)c1ccccc1F. The van der Waals surface area contributed by atoms with Gasteiger partial charge in [0.25, 0.3) is 5.91 Å². The first-order valence-corrected chi connectivity index (χ1v) is 6.14. The molecule has 0 saturated carbocycles. The minimum atomic E-state index is -0.427. The lowest BCUT2D eigenvalue weighted by Gasteiger charge is -2.15. The number of halogens is 1. The van der Waals surface area contributed by atoms with Crippen LogP contribution in [-0.4, -0.2) is 13.0 Å². The molecular formula is C16H15FN2O. The predicted octanol–water partition coefficient (Wildman–Crippen LogP) is 3.08. The fraction of sp³-hybridized carbons (Fsp3) is 0.0625. The quantitative estimate of drug-likeness (QED) is 0.688. The van der Waals surface area contributed by atoms with Gasteiger partial charge in [0.15, 0.2) is 0 Å². The fourth-order valence-electron chi connectivity index (χ4n) is 1.73. The topological polar surface area (TPSA) is 46.3 Å². The lowest BCUT2D eigenvalue weighted by Crippen LogP contribution is -2.24. The number of amides is 1. The molecule has 0 fully saturated rings. The van der Waals surface area contributed by atoms with Gasteiger partial charge in [0.1, 0.15) is 5.82 Å². The number of benzene rings is 2. The molecule has 0 unspecified atom stereocenters. The van der Waals surface area contributed by atoms with Crippen LogP contribution in [0.3, 0.4) is 0 Å². The summed E-state index contributed by atoms with van der Waals surface area (Å²) in [6, 6.07) is 13.3. The molecule has 0 aliphatic heterocycles. The van der Waals surface area contributed by atoms with Crippen LogP contribution in [0.5, 0.6) is 0 Å². The van der Waals surface area contributed by atoms with E-state index in [1.165, 1.54) is 24.1 Å². The molecule has 0 aromatic heterocycles. The zero-order valence-corrected chi connectivity index (χ0v) is 11.1. The number of hydrogen-bond acceptors (Lipinski definition) is 2. The van der Waals surface area contributed by atoms with Crippen molar-refractivity contribution in [3.8, 4) is 0 Å². The van der Waals surface area contributed by atoms with Crippen molar-refractivity contribution in [2.24, 2.45) is 0 Å². The third-order valence-electron chi connectivity index (χ3n) is 2.90. The van der Waals surface area contributed by atoms with Crippen molar-refractivity contribution in [1.82, 2.24) is 0 Å². The highest BCUT2D eigenvalue weighted by molar-refractivity contribution is 6.03. The average Bonchev–Trinajstić information content (AvgIpc) is 2.46. The third-order valence-corrected chi connectivity index (χ3v) is 2.90. The Hall–Kier alpha value is -2.62. The van der Waals surface area contributed by atoms with E-state index in [4.69, 9.17) is 5.73 Å². The lowest BCUT2D eigenvalue weighted by molar-refractivity contribution is -0.113. The molecule has 0 saturated heterocycles. The predicted molar refractivity (Wildman–Crippen MR) is 79.7 cm³/mol. The zero-order chi connectivity index (χ0) is 14.5. The van der Waals surface area contributed by atoms with Crippen LogP contribution in [0, 0.1) is 5.82 Å². The zero-order valence-electron chi connectivity index (χ0n) is 11.1. The molecule has 2 rings (SSSR count). The second-order valence-electron chi connectivity index (χ2n) is 4.35. The molecule has 2 aromatic carbocycles. The number of rotatable bonds is 3. The van der Waals surface area contributed by atoms with Gasteiger partial charge in [-0.2, -0.15) is 0 Å². The molecule has 2 N–H and O–H groups in total. The standard InChI is InChI=1S/C16H15FN2O/c1-19(15-5-3-2-4-14(15)17)16(20)11-8-12-6-9-13(18)10-7-12/h2-11H,18H2,1H3/b11-8+. The lowest BCUT2D eigenvalue weighted by atomic mass is 10.2. The van der Waals surface area contributed by atoms with Crippen LogP contribution in [0.25, 0.3) is 6.08 Å². The Morgan fingerprint density at radius 1 is 1.15 bits per heavy atom. The first kappa shape index (κ1) is 13.8. The number of carbonyl (C=O) groups is 1.